The predicted octanol–water partition coefficient (Wildman–Crippen LogP) is 2.55. The topological polar surface area (TPSA) is 102 Å². The van der Waals surface area contributed by atoms with Crippen LogP contribution in [-0.4, -0.2) is 36.6 Å². The molecule has 0 bridgehead atoms. The fourth-order valence-corrected chi connectivity index (χ4v) is 3.71. The van der Waals surface area contributed by atoms with Crippen molar-refractivity contribution in [3.8, 4) is 17.1 Å². The van der Waals surface area contributed by atoms with E-state index in [2.05, 4.69) is 19.9 Å². The summed E-state index contributed by atoms with van der Waals surface area (Å²) in [6.45, 7) is 3.05. The number of aliphatic hydroxyl groups is 1. The minimum atomic E-state index is -0.201. The SMILES string of the molecule is Cc1ncc(CO)c(CN2CCc3nc(-c4ccc(Cl)cc4)[nH]c(=O)c3C2)c1O. The van der Waals surface area contributed by atoms with Gasteiger partial charge in [-0.1, -0.05) is 11.6 Å². The van der Waals surface area contributed by atoms with Gasteiger partial charge in [-0.15, -0.1) is 0 Å². The molecule has 150 valence electrons. The smallest absolute Gasteiger partial charge is 0.255 e. The van der Waals surface area contributed by atoms with Gasteiger partial charge in [0.15, 0.2) is 0 Å². The molecule has 1 aliphatic heterocycles. The van der Waals surface area contributed by atoms with Crippen molar-refractivity contribution in [2.75, 3.05) is 6.54 Å². The number of aryl methyl sites for hydroxylation is 1. The van der Waals surface area contributed by atoms with Crippen LogP contribution in [0.4, 0.5) is 0 Å². The number of pyridine rings is 1. The number of nitrogens with zero attached hydrogens (tertiary/aromatic N) is 3. The van der Waals surface area contributed by atoms with Crippen molar-refractivity contribution in [3.63, 3.8) is 0 Å². The van der Waals surface area contributed by atoms with E-state index in [-0.39, 0.29) is 17.9 Å². The van der Waals surface area contributed by atoms with Gasteiger partial charge in [-0.2, -0.15) is 0 Å². The van der Waals surface area contributed by atoms with E-state index in [0.717, 1.165) is 11.3 Å². The van der Waals surface area contributed by atoms with E-state index in [1.54, 1.807) is 25.3 Å². The van der Waals surface area contributed by atoms with Crippen LogP contribution in [0.5, 0.6) is 5.75 Å². The van der Waals surface area contributed by atoms with E-state index in [4.69, 9.17) is 11.6 Å². The minimum absolute atomic E-state index is 0.0902. The van der Waals surface area contributed by atoms with Crippen molar-refractivity contribution >= 4 is 11.6 Å². The van der Waals surface area contributed by atoms with Crippen molar-refractivity contribution in [1.82, 2.24) is 19.9 Å². The van der Waals surface area contributed by atoms with Crippen molar-refractivity contribution in [2.45, 2.75) is 33.0 Å². The molecule has 0 atom stereocenters. The summed E-state index contributed by atoms with van der Waals surface area (Å²) in [5.74, 6) is 0.622. The molecule has 0 unspecified atom stereocenters. The Bertz CT molecular complexity index is 1110. The van der Waals surface area contributed by atoms with Crippen molar-refractivity contribution in [1.29, 1.82) is 0 Å². The van der Waals surface area contributed by atoms with Gasteiger partial charge in [-0.3, -0.25) is 14.7 Å². The molecule has 0 radical (unpaired) electrons. The quantitative estimate of drug-likeness (QED) is 0.608. The van der Waals surface area contributed by atoms with Crippen LogP contribution >= 0.6 is 11.6 Å². The van der Waals surface area contributed by atoms with Crippen LogP contribution < -0.4 is 5.56 Å². The second-order valence-corrected chi connectivity index (χ2v) is 7.60. The molecule has 7 nitrogen and oxygen atoms in total. The number of nitrogens with one attached hydrogen (secondary N) is 1. The maximum absolute atomic E-state index is 12.7. The van der Waals surface area contributed by atoms with E-state index in [0.29, 0.717) is 59.3 Å². The zero-order valence-electron chi connectivity index (χ0n) is 15.9. The highest BCUT2D eigenvalue weighted by Crippen LogP contribution is 2.27. The van der Waals surface area contributed by atoms with Crippen molar-refractivity contribution in [2.24, 2.45) is 0 Å². The van der Waals surface area contributed by atoms with Gasteiger partial charge in [-0.05, 0) is 31.2 Å². The molecular formula is C21H21ClN4O3. The third-order valence-corrected chi connectivity index (χ3v) is 5.50. The zero-order chi connectivity index (χ0) is 20.5. The van der Waals surface area contributed by atoms with E-state index in [9.17, 15) is 15.0 Å². The molecule has 0 spiro atoms. The van der Waals surface area contributed by atoms with Crippen LogP contribution in [0, 0.1) is 6.92 Å². The van der Waals surface area contributed by atoms with E-state index < -0.39 is 0 Å². The maximum atomic E-state index is 12.7. The number of fused-ring (bicyclic) bond motifs is 1. The maximum Gasteiger partial charge on any atom is 0.255 e. The van der Waals surface area contributed by atoms with Gasteiger partial charge in [0, 0.05) is 54.0 Å². The summed E-state index contributed by atoms with van der Waals surface area (Å²) in [5, 5.41) is 20.6. The third-order valence-electron chi connectivity index (χ3n) is 5.25. The highest BCUT2D eigenvalue weighted by molar-refractivity contribution is 6.30. The van der Waals surface area contributed by atoms with Gasteiger partial charge in [-0.25, -0.2) is 4.98 Å². The number of aromatic hydroxyl groups is 1. The average Bonchev–Trinajstić information content (AvgIpc) is 2.72. The lowest BCUT2D eigenvalue weighted by molar-refractivity contribution is 0.232. The summed E-state index contributed by atoms with van der Waals surface area (Å²) in [7, 11) is 0. The molecule has 3 N–H and O–H groups in total. The van der Waals surface area contributed by atoms with Crippen LogP contribution in [0.3, 0.4) is 0 Å². The summed E-state index contributed by atoms with van der Waals surface area (Å²) in [5.41, 5.74) is 3.80. The first kappa shape index (κ1) is 19.6. The summed E-state index contributed by atoms with van der Waals surface area (Å²) in [6, 6.07) is 7.18. The van der Waals surface area contributed by atoms with Gasteiger partial charge in [0.2, 0.25) is 0 Å². The van der Waals surface area contributed by atoms with E-state index in [1.807, 2.05) is 12.1 Å². The Morgan fingerprint density at radius 3 is 2.76 bits per heavy atom. The first-order valence-corrected chi connectivity index (χ1v) is 9.71. The summed E-state index contributed by atoms with van der Waals surface area (Å²) in [6.07, 6.45) is 2.20. The molecule has 3 heterocycles. The van der Waals surface area contributed by atoms with Gasteiger partial charge in [0.1, 0.15) is 11.6 Å². The number of rotatable bonds is 4. The number of H-pyrrole nitrogens is 1. The number of aromatic nitrogens is 3. The normalized spacial score (nSPS) is 14.0. The Hall–Kier alpha value is -2.74. The van der Waals surface area contributed by atoms with Gasteiger partial charge >= 0.3 is 0 Å². The van der Waals surface area contributed by atoms with Crippen molar-refractivity contribution in [3.05, 3.63) is 73.9 Å². The summed E-state index contributed by atoms with van der Waals surface area (Å²) in [4.78, 5) is 26.4. The van der Waals surface area contributed by atoms with Crippen molar-refractivity contribution < 1.29 is 10.2 Å². The molecular weight excluding hydrogens is 392 g/mol. The first-order chi connectivity index (χ1) is 14.0. The number of hydrogen-bond acceptors (Lipinski definition) is 6. The Morgan fingerprint density at radius 1 is 1.28 bits per heavy atom. The first-order valence-electron chi connectivity index (χ1n) is 9.33. The highest BCUT2D eigenvalue weighted by Gasteiger charge is 2.23. The van der Waals surface area contributed by atoms with Crippen LogP contribution in [0.15, 0.2) is 35.3 Å². The number of halogens is 1. The lowest BCUT2D eigenvalue weighted by atomic mass is 10.0. The largest absolute Gasteiger partial charge is 0.506 e. The molecule has 4 rings (SSSR count). The number of benzene rings is 1. The Kier molecular flexibility index (Phi) is 5.36. The van der Waals surface area contributed by atoms with Gasteiger partial charge in [0.05, 0.1) is 23.6 Å². The summed E-state index contributed by atoms with van der Waals surface area (Å²) < 4.78 is 0. The molecule has 0 aliphatic carbocycles. The van der Waals surface area contributed by atoms with Gasteiger partial charge < -0.3 is 15.2 Å². The molecule has 0 fully saturated rings. The minimum Gasteiger partial charge on any atom is -0.506 e. The molecule has 8 heteroatoms. The van der Waals surface area contributed by atoms with Gasteiger partial charge in [0.25, 0.3) is 5.56 Å². The Balaban J connectivity index is 1.61. The second-order valence-electron chi connectivity index (χ2n) is 7.16. The molecule has 3 aromatic rings. The van der Waals surface area contributed by atoms with Crippen LogP contribution in [0.1, 0.15) is 28.1 Å². The zero-order valence-corrected chi connectivity index (χ0v) is 16.7. The predicted molar refractivity (Wildman–Crippen MR) is 110 cm³/mol. The fourth-order valence-electron chi connectivity index (χ4n) is 3.58. The molecule has 1 aliphatic rings. The molecule has 2 aromatic heterocycles. The molecule has 1 aromatic carbocycles. The van der Waals surface area contributed by atoms with E-state index >= 15 is 0 Å². The monoisotopic (exact) mass is 412 g/mol. The van der Waals surface area contributed by atoms with Crippen LogP contribution in [-0.2, 0) is 26.1 Å². The fraction of sp³-hybridized carbons (Fsp3) is 0.286. The number of aliphatic hydroxyl groups excluding tert-OH is 1. The summed E-state index contributed by atoms with van der Waals surface area (Å²) >= 11 is 5.94. The Labute approximate surface area is 172 Å². The molecule has 0 saturated heterocycles. The van der Waals surface area contributed by atoms with E-state index in [1.165, 1.54) is 0 Å². The second kappa shape index (κ2) is 7.94. The average molecular weight is 413 g/mol. The standard InChI is InChI=1S/C21H21ClN4O3/c1-12-19(28)16(14(11-27)8-23-12)9-26-7-6-18-17(10-26)21(29)25-20(24-18)13-2-4-15(22)5-3-13/h2-5,8,27-28H,6-7,9-11H2,1H3,(H,24,25,29). The number of hydrogen-bond donors (Lipinski definition) is 3. The third kappa shape index (κ3) is 3.89. The van der Waals surface area contributed by atoms with Crippen LogP contribution in [0.25, 0.3) is 11.4 Å². The molecule has 0 saturated carbocycles. The molecule has 0 amide bonds. The van der Waals surface area contributed by atoms with Crippen LogP contribution in [0.2, 0.25) is 5.02 Å². The lowest BCUT2D eigenvalue weighted by Crippen LogP contribution is -2.35. The highest BCUT2D eigenvalue weighted by atomic mass is 35.5. The molecule has 29 heavy (non-hydrogen) atoms. The Morgan fingerprint density at radius 2 is 2.03 bits per heavy atom. The number of aromatic amines is 1. The lowest BCUT2D eigenvalue weighted by Gasteiger charge is -2.28.